The quantitative estimate of drug-likeness (QED) is 0.0504. The topological polar surface area (TPSA) is 262 Å². The number of halogens is 4. The van der Waals surface area contributed by atoms with E-state index in [0.717, 1.165) is 0 Å². The molecule has 0 saturated carbocycles. The van der Waals surface area contributed by atoms with Crippen molar-refractivity contribution in [2.24, 2.45) is 20.5 Å². The molecule has 0 radical (unpaired) electrons. The molecule has 0 fully saturated rings. The van der Waals surface area contributed by atoms with Gasteiger partial charge in [0.05, 0.1) is 42.8 Å². The van der Waals surface area contributed by atoms with Crippen LogP contribution in [-0.2, 0) is 20.2 Å². The predicted molar refractivity (Wildman–Crippen MR) is 205 cm³/mol. The van der Waals surface area contributed by atoms with Gasteiger partial charge in [-0.05, 0) is 35.4 Å². The zero-order valence-electron chi connectivity index (χ0n) is 25.9. The van der Waals surface area contributed by atoms with Crippen LogP contribution in [0.4, 0.5) is 45.5 Å². The summed E-state index contributed by atoms with van der Waals surface area (Å²) >= 11 is 26.2. The van der Waals surface area contributed by atoms with Crippen molar-refractivity contribution in [1.82, 2.24) is 0 Å². The number of fused-ring (bicyclic) bond motifs is 2. The van der Waals surface area contributed by atoms with E-state index in [1.807, 2.05) is 0 Å². The first-order valence-corrected chi connectivity index (χ1v) is 18.8. The molecule has 266 valence electrons. The molecule has 6 aromatic rings. The fourth-order valence-electron chi connectivity index (χ4n) is 5.51. The highest BCUT2D eigenvalue weighted by atomic mass is 35.5. The van der Waals surface area contributed by atoms with Crippen LogP contribution in [0.15, 0.2) is 103 Å². The second-order valence-corrected chi connectivity index (χ2v) is 15.4. The molecular formula is C32H22Cl4N8O6S2. The first-order chi connectivity index (χ1) is 24.4. The summed E-state index contributed by atoms with van der Waals surface area (Å²) in [5.41, 5.74) is 24.2. The summed E-state index contributed by atoms with van der Waals surface area (Å²) in [6.45, 7) is 0. The van der Waals surface area contributed by atoms with Crippen LogP contribution in [0.2, 0.25) is 20.1 Å². The van der Waals surface area contributed by atoms with Gasteiger partial charge in [0.1, 0.15) is 32.5 Å². The Morgan fingerprint density at radius 1 is 0.442 bits per heavy atom. The van der Waals surface area contributed by atoms with Crippen LogP contribution < -0.4 is 22.9 Å². The fraction of sp³-hybridized carbons (Fsp3) is 0. The number of nitrogen functional groups attached to an aromatic ring is 4. The Bertz CT molecular complexity index is 2560. The van der Waals surface area contributed by atoms with E-state index in [0.29, 0.717) is 11.1 Å². The average Bonchev–Trinajstić information content (AvgIpc) is 3.05. The van der Waals surface area contributed by atoms with Gasteiger partial charge in [0.25, 0.3) is 20.2 Å². The normalized spacial score (nSPS) is 12.5. The minimum atomic E-state index is -4.79. The molecule has 0 atom stereocenters. The zero-order chi connectivity index (χ0) is 37.9. The van der Waals surface area contributed by atoms with E-state index in [1.54, 1.807) is 24.3 Å². The lowest BCUT2D eigenvalue weighted by molar-refractivity contribution is 0.482. The van der Waals surface area contributed by atoms with Crippen LogP contribution in [0.25, 0.3) is 32.7 Å². The summed E-state index contributed by atoms with van der Waals surface area (Å²) in [6, 6.07) is 18.2. The zero-order valence-corrected chi connectivity index (χ0v) is 30.5. The lowest BCUT2D eigenvalue weighted by Gasteiger charge is -2.14. The molecule has 0 unspecified atom stereocenters. The van der Waals surface area contributed by atoms with Gasteiger partial charge in [-0.2, -0.15) is 16.8 Å². The van der Waals surface area contributed by atoms with Crippen molar-refractivity contribution in [1.29, 1.82) is 0 Å². The maximum atomic E-state index is 12.2. The molecule has 6 rings (SSSR count). The summed E-state index contributed by atoms with van der Waals surface area (Å²) in [4.78, 5) is -1.16. The van der Waals surface area contributed by atoms with Crippen LogP contribution in [-0.4, -0.2) is 25.9 Å². The Balaban J connectivity index is 1.37. The molecule has 0 amide bonds. The van der Waals surface area contributed by atoms with Crippen LogP contribution in [0.5, 0.6) is 0 Å². The second-order valence-electron chi connectivity index (χ2n) is 11.0. The highest BCUT2D eigenvalue weighted by molar-refractivity contribution is 7.86. The van der Waals surface area contributed by atoms with E-state index in [1.165, 1.54) is 48.5 Å². The molecule has 10 N–H and O–H groups in total. The van der Waals surface area contributed by atoms with E-state index >= 15 is 0 Å². The van der Waals surface area contributed by atoms with Gasteiger partial charge in [0.2, 0.25) is 0 Å². The Morgan fingerprint density at radius 3 is 1.00 bits per heavy atom. The SMILES string of the molecule is Nc1c(N=Nc2c(Cl)cc(-c3cc(Cl)c(N=Nc4c(N)c(S(=O)(=O)O)c5ccccc5c4N)c(Cl)c3)cc2Cl)c(N)c2ccccc2c1S(=O)(=O)O. The Morgan fingerprint density at radius 2 is 0.712 bits per heavy atom. The van der Waals surface area contributed by atoms with E-state index in [-0.39, 0.29) is 75.8 Å². The number of anilines is 4. The average molecular weight is 821 g/mol. The molecule has 0 aliphatic rings. The number of nitrogens with zero attached hydrogens (tertiary/aromatic N) is 4. The molecule has 20 heteroatoms. The summed E-state index contributed by atoms with van der Waals surface area (Å²) in [6.07, 6.45) is 0. The van der Waals surface area contributed by atoms with Crippen LogP contribution >= 0.6 is 46.4 Å². The lowest BCUT2D eigenvalue weighted by atomic mass is 10.0. The third-order valence-corrected chi connectivity index (χ3v) is 10.9. The van der Waals surface area contributed by atoms with Crippen molar-refractivity contribution in [2.45, 2.75) is 9.79 Å². The number of hydrogen-bond acceptors (Lipinski definition) is 12. The standard InChI is InChI=1S/C32H22Cl4N8O6S2/c33-19-9-13(10-20(34)27(19)41-43-29-23(37)15-5-1-3-7-17(15)31(25(29)39)51(45,46)47)14-11-21(35)28(22(36)12-14)42-44-30-24(38)16-6-2-4-8-18(16)32(26(30)40)52(48,49)50/h1-12H,37-40H2,(H,45,46,47)(H,48,49,50). The molecular weight excluding hydrogens is 798 g/mol. The minimum Gasteiger partial charge on any atom is -0.396 e. The van der Waals surface area contributed by atoms with E-state index in [2.05, 4.69) is 20.5 Å². The maximum Gasteiger partial charge on any atom is 0.297 e. The predicted octanol–water partition coefficient (Wildman–Crippen LogP) is 9.93. The molecule has 0 aliphatic carbocycles. The van der Waals surface area contributed by atoms with Crippen LogP contribution in [0.3, 0.4) is 0 Å². The molecule has 0 aromatic heterocycles. The first kappa shape index (κ1) is 37.0. The maximum absolute atomic E-state index is 12.2. The number of nitrogens with two attached hydrogens (primary N) is 4. The van der Waals surface area contributed by atoms with Crippen LogP contribution in [0, 0.1) is 0 Å². The monoisotopic (exact) mass is 818 g/mol. The highest BCUT2D eigenvalue weighted by Crippen LogP contribution is 2.47. The van der Waals surface area contributed by atoms with Crippen molar-refractivity contribution >= 4 is 134 Å². The number of benzene rings is 6. The smallest absolute Gasteiger partial charge is 0.297 e. The third kappa shape index (κ3) is 6.66. The molecule has 0 bridgehead atoms. The van der Waals surface area contributed by atoms with Gasteiger partial charge in [0.15, 0.2) is 0 Å². The van der Waals surface area contributed by atoms with Crippen LogP contribution in [0.1, 0.15) is 0 Å². The summed E-state index contributed by atoms with van der Waals surface area (Å²) in [5, 5.41) is 17.0. The molecule has 6 aromatic carbocycles. The largest absolute Gasteiger partial charge is 0.396 e. The lowest BCUT2D eigenvalue weighted by Crippen LogP contribution is -2.06. The second kappa shape index (κ2) is 13.6. The summed E-state index contributed by atoms with van der Waals surface area (Å²) < 4.78 is 68.7. The fourth-order valence-corrected chi connectivity index (χ4v) is 8.30. The molecule has 52 heavy (non-hydrogen) atoms. The number of hydrogen-bond donors (Lipinski definition) is 6. The number of azo groups is 2. The van der Waals surface area contributed by atoms with Gasteiger partial charge >= 0.3 is 0 Å². The molecule has 0 aliphatic heterocycles. The van der Waals surface area contributed by atoms with Gasteiger partial charge < -0.3 is 22.9 Å². The van der Waals surface area contributed by atoms with Crippen molar-refractivity contribution < 1.29 is 25.9 Å². The highest BCUT2D eigenvalue weighted by Gasteiger charge is 2.26. The van der Waals surface area contributed by atoms with E-state index in [9.17, 15) is 25.9 Å². The van der Waals surface area contributed by atoms with Gasteiger partial charge in [-0.25, -0.2) is 0 Å². The molecule has 0 spiro atoms. The molecule has 0 saturated heterocycles. The van der Waals surface area contributed by atoms with Crippen molar-refractivity contribution in [3.63, 3.8) is 0 Å². The Kier molecular flexibility index (Phi) is 9.71. The summed E-state index contributed by atoms with van der Waals surface area (Å²) in [5.74, 6) is 0. The first-order valence-electron chi connectivity index (χ1n) is 14.4. The van der Waals surface area contributed by atoms with E-state index < -0.39 is 41.4 Å². The van der Waals surface area contributed by atoms with Crippen molar-refractivity contribution in [3.8, 4) is 11.1 Å². The van der Waals surface area contributed by atoms with Gasteiger partial charge in [-0.15, -0.1) is 20.5 Å². The number of rotatable bonds is 7. The molecule has 14 nitrogen and oxygen atoms in total. The Labute approximate surface area is 315 Å². The minimum absolute atomic E-state index is 0.000466. The van der Waals surface area contributed by atoms with Gasteiger partial charge in [-0.3, -0.25) is 9.11 Å². The summed E-state index contributed by atoms with van der Waals surface area (Å²) in [7, 11) is -9.59. The van der Waals surface area contributed by atoms with Crippen molar-refractivity contribution in [3.05, 3.63) is 92.9 Å². The third-order valence-electron chi connectivity index (χ3n) is 7.82. The molecule has 0 heterocycles. The van der Waals surface area contributed by atoms with Crippen molar-refractivity contribution in [2.75, 3.05) is 22.9 Å². The van der Waals surface area contributed by atoms with Gasteiger partial charge in [0, 0.05) is 21.5 Å². The Hall–Kier alpha value is -4.78. The van der Waals surface area contributed by atoms with E-state index in [4.69, 9.17) is 69.3 Å². The van der Waals surface area contributed by atoms with Gasteiger partial charge in [-0.1, -0.05) is 94.9 Å².